The van der Waals surface area contributed by atoms with Crippen molar-refractivity contribution >= 4 is 45.2 Å². The van der Waals surface area contributed by atoms with Crippen LogP contribution in [-0.4, -0.2) is 76.6 Å². The number of aromatic hydroxyl groups is 1. The van der Waals surface area contributed by atoms with Gasteiger partial charge in [-0.05, 0) is 67.4 Å². The van der Waals surface area contributed by atoms with Gasteiger partial charge in [0, 0.05) is 60.0 Å². The van der Waals surface area contributed by atoms with Gasteiger partial charge in [-0.25, -0.2) is 13.2 Å². The fraction of sp³-hybridized carbons (Fsp3) is 0.412. The number of hydrogen-bond acceptors (Lipinski definition) is 7. The number of benzene rings is 3. The second-order valence-electron chi connectivity index (χ2n) is 12.9. The average molecular weight is 636 g/mol. The van der Waals surface area contributed by atoms with Gasteiger partial charge >= 0.3 is 6.01 Å². The molecular formula is C34H33ClF3N5O2. The highest BCUT2D eigenvalue weighted by Crippen LogP contribution is 2.45. The first-order chi connectivity index (χ1) is 21.7. The van der Waals surface area contributed by atoms with Gasteiger partial charge in [-0.15, -0.1) is 0 Å². The number of rotatable bonds is 6. The Bertz CT molecular complexity index is 1860. The van der Waals surface area contributed by atoms with E-state index in [0.29, 0.717) is 48.0 Å². The lowest BCUT2D eigenvalue weighted by atomic mass is 9.92. The Morgan fingerprint density at radius 3 is 2.71 bits per heavy atom. The smallest absolute Gasteiger partial charge is 0.319 e. The molecule has 4 aliphatic rings. The van der Waals surface area contributed by atoms with Crippen molar-refractivity contribution in [1.29, 1.82) is 0 Å². The number of piperazine rings is 1. The van der Waals surface area contributed by atoms with Crippen molar-refractivity contribution in [3.8, 4) is 22.9 Å². The minimum Gasteiger partial charge on any atom is -0.508 e. The number of nitrogens with zero attached hydrogens (tertiary/aromatic N) is 4. The summed E-state index contributed by atoms with van der Waals surface area (Å²) < 4.78 is 52.7. The molecule has 7 nitrogen and oxygen atoms in total. The third kappa shape index (κ3) is 4.72. The SMILES string of the molecule is C=Cc1c(F)ccc2cc(O)cc(-c3c(Cl)cc4c(N5CC6CCC(C5)N6)nc(OC[C@@]56CCCN5C[C@H](F)C6)nc4c3F)c12. The molecule has 45 heavy (non-hydrogen) atoms. The Balaban J connectivity index is 1.30. The number of ether oxygens (including phenoxy) is 1. The summed E-state index contributed by atoms with van der Waals surface area (Å²) in [5, 5.41) is 15.6. The third-order valence-electron chi connectivity index (χ3n) is 10.2. The zero-order valence-corrected chi connectivity index (χ0v) is 25.4. The highest BCUT2D eigenvalue weighted by Gasteiger charge is 2.49. The van der Waals surface area contributed by atoms with Gasteiger partial charge in [-0.2, -0.15) is 9.97 Å². The molecule has 2 bridgehead atoms. The number of fused-ring (bicyclic) bond motifs is 5. The number of anilines is 1. The van der Waals surface area contributed by atoms with Crippen LogP contribution in [-0.2, 0) is 0 Å². The largest absolute Gasteiger partial charge is 0.508 e. The normalized spacial score (nSPS) is 26.2. The molecule has 0 spiro atoms. The molecule has 0 radical (unpaired) electrons. The summed E-state index contributed by atoms with van der Waals surface area (Å²) in [6.45, 7) is 6.54. The monoisotopic (exact) mass is 635 g/mol. The van der Waals surface area contributed by atoms with Crippen LogP contribution in [0.1, 0.15) is 37.7 Å². The molecule has 4 fully saturated rings. The molecule has 1 aromatic heterocycles. The molecule has 11 heteroatoms. The standard InChI is InChI=1S/C34H33ClF3N5O2/c1-2-23-27(37)7-4-18-10-22(44)11-24(28(18)23)29-26(35)12-25-31(30(29)38)40-33(41-32(25)42-15-20-5-6-21(16-42)39-20)45-17-34-8-3-9-43(34)14-19(36)13-34/h2,4,7,10-12,19-21,39,44H,1,3,5-6,8-9,13-17H2/t19-,20?,21?,34+/m1/s1. The van der Waals surface area contributed by atoms with E-state index in [2.05, 4.69) is 26.7 Å². The predicted octanol–water partition coefficient (Wildman–Crippen LogP) is 6.63. The molecule has 0 aliphatic carbocycles. The Hall–Kier alpha value is -3.60. The van der Waals surface area contributed by atoms with Gasteiger partial charge in [0.25, 0.3) is 0 Å². The van der Waals surface area contributed by atoms with Crippen LogP contribution in [0.4, 0.5) is 19.0 Å². The highest BCUT2D eigenvalue weighted by molar-refractivity contribution is 6.35. The van der Waals surface area contributed by atoms with Gasteiger partial charge in [0.05, 0.1) is 10.6 Å². The second kappa shape index (κ2) is 10.7. The van der Waals surface area contributed by atoms with Crippen molar-refractivity contribution in [3.63, 3.8) is 0 Å². The molecule has 8 rings (SSSR count). The van der Waals surface area contributed by atoms with Crippen LogP contribution in [0.2, 0.25) is 5.02 Å². The van der Waals surface area contributed by atoms with Gasteiger partial charge in [-0.3, -0.25) is 4.90 Å². The third-order valence-corrected chi connectivity index (χ3v) is 10.5. The molecule has 2 N–H and O–H groups in total. The number of hydrogen-bond donors (Lipinski definition) is 2. The number of alkyl halides is 1. The topological polar surface area (TPSA) is 73.8 Å². The van der Waals surface area contributed by atoms with Crippen LogP contribution in [0.15, 0.2) is 36.9 Å². The molecule has 4 aromatic rings. The van der Waals surface area contributed by atoms with E-state index in [0.717, 1.165) is 32.2 Å². The molecular weight excluding hydrogens is 603 g/mol. The fourth-order valence-corrected chi connectivity index (χ4v) is 8.47. The lowest BCUT2D eigenvalue weighted by Crippen LogP contribution is -2.51. The summed E-state index contributed by atoms with van der Waals surface area (Å²) in [5.41, 5.74) is -0.0614. The molecule has 4 aliphatic heterocycles. The Morgan fingerprint density at radius 1 is 1.13 bits per heavy atom. The van der Waals surface area contributed by atoms with E-state index in [4.69, 9.17) is 21.3 Å². The van der Waals surface area contributed by atoms with Gasteiger partial charge in [0.15, 0.2) is 5.82 Å². The molecule has 4 atom stereocenters. The number of halogens is 4. The maximum absolute atomic E-state index is 17.0. The first-order valence-corrected chi connectivity index (χ1v) is 15.9. The van der Waals surface area contributed by atoms with Crippen molar-refractivity contribution in [2.24, 2.45) is 0 Å². The lowest BCUT2D eigenvalue weighted by molar-refractivity contribution is 0.107. The van der Waals surface area contributed by atoms with Crippen molar-refractivity contribution in [1.82, 2.24) is 20.2 Å². The van der Waals surface area contributed by atoms with Gasteiger partial charge in [0.1, 0.15) is 35.7 Å². The number of phenols is 1. The lowest BCUT2D eigenvalue weighted by Gasteiger charge is -2.34. The first-order valence-electron chi connectivity index (χ1n) is 15.5. The molecule has 0 amide bonds. The van der Waals surface area contributed by atoms with Crippen molar-refractivity contribution in [3.05, 3.63) is 59.1 Å². The van der Waals surface area contributed by atoms with E-state index < -0.39 is 23.3 Å². The summed E-state index contributed by atoms with van der Waals surface area (Å²) in [7, 11) is 0. The van der Waals surface area contributed by atoms with E-state index in [1.54, 1.807) is 6.07 Å². The molecule has 0 saturated carbocycles. The van der Waals surface area contributed by atoms with Crippen molar-refractivity contribution in [2.45, 2.75) is 55.9 Å². The maximum atomic E-state index is 17.0. The van der Waals surface area contributed by atoms with Crippen LogP contribution >= 0.6 is 11.6 Å². The highest BCUT2D eigenvalue weighted by atomic mass is 35.5. The van der Waals surface area contributed by atoms with Crippen molar-refractivity contribution < 1.29 is 23.0 Å². The number of nitrogens with one attached hydrogen (secondary N) is 1. The second-order valence-corrected chi connectivity index (χ2v) is 13.3. The van der Waals surface area contributed by atoms with Crippen LogP contribution < -0.4 is 15.0 Å². The fourth-order valence-electron chi connectivity index (χ4n) is 8.18. The molecule has 4 saturated heterocycles. The summed E-state index contributed by atoms with van der Waals surface area (Å²) in [5.74, 6) is -0.866. The van der Waals surface area contributed by atoms with Gasteiger partial charge in [-0.1, -0.05) is 30.3 Å². The van der Waals surface area contributed by atoms with Crippen LogP contribution in [0.3, 0.4) is 0 Å². The first kappa shape index (κ1) is 28.8. The number of aromatic nitrogens is 2. The van der Waals surface area contributed by atoms with Crippen LogP contribution in [0.25, 0.3) is 38.9 Å². The molecule has 5 heterocycles. The Kier molecular flexibility index (Phi) is 6.89. The Labute approximate surface area is 263 Å². The van der Waals surface area contributed by atoms with E-state index in [1.807, 2.05) is 0 Å². The average Bonchev–Trinajstić information content (AvgIpc) is 3.66. The Morgan fingerprint density at radius 2 is 1.93 bits per heavy atom. The quantitative estimate of drug-likeness (QED) is 0.247. The van der Waals surface area contributed by atoms with E-state index >= 15 is 4.39 Å². The molecule has 3 aromatic carbocycles. The molecule has 2 unspecified atom stereocenters. The maximum Gasteiger partial charge on any atom is 0.319 e. The minimum absolute atomic E-state index is 0.00361. The number of phenolic OH excluding ortho intramolecular Hbond substituents is 1. The van der Waals surface area contributed by atoms with Gasteiger partial charge < -0.3 is 20.1 Å². The van der Waals surface area contributed by atoms with Crippen molar-refractivity contribution in [2.75, 3.05) is 37.7 Å². The predicted molar refractivity (Wildman–Crippen MR) is 170 cm³/mol. The summed E-state index contributed by atoms with van der Waals surface area (Å²) in [6, 6.07) is 7.89. The zero-order chi connectivity index (χ0) is 31.0. The van der Waals surface area contributed by atoms with Crippen LogP contribution in [0, 0.1) is 11.6 Å². The summed E-state index contributed by atoms with van der Waals surface area (Å²) in [4.78, 5) is 13.7. The van der Waals surface area contributed by atoms with E-state index in [9.17, 15) is 13.9 Å². The summed E-state index contributed by atoms with van der Waals surface area (Å²) >= 11 is 6.87. The van der Waals surface area contributed by atoms with Gasteiger partial charge in [0.2, 0.25) is 0 Å². The van der Waals surface area contributed by atoms with E-state index in [-0.39, 0.29) is 57.7 Å². The summed E-state index contributed by atoms with van der Waals surface area (Å²) in [6.07, 6.45) is 4.70. The zero-order valence-electron chi connectivity index (χ0n) is 24.6. The van der Waals surface area contributed by atoms with Crippen LogP contribution in [0.5, 0.6) is 11.8 Å². The van der Waals surface area contributed by atoms with E-state index in [1.165, 1.54) is 30.3 Å². The minimum atomic E-state index is -0.914. The molecule has 234 valence electrons.